The van der Waals surface area contributed by atoms with Gasteiger partial charge in [0.1, 0.15) is 5.75 Å². The number of aliphatic hydroxyl groups is 1. The fourth-order valence-electron chi connectivity index (χ4n) is 2.49. The van der Waals surface area contributed by atoms with Crippen LogP contribution >= 0.6 is 11.6 Å². The lowest BCUT2D eigenvalue weighted by Gasteiger charge is -2.32. The van der Waals surface area contributed by atoms with Crippen LogP contribution in [-0.2, 0) is 13.0 Å². The Hall–Kier alpha value is -0.770. The molecule has 0 unspecified atom stereocenters. The van der Waals surface area contributed by atoms with Gasteiger partial charge in [-0.15, -0.1) is 0 Å². The molecule has 1 fully saturated rings. The average molecular weight is 254 g/mol. The molecule has 1 aliphatic carbocycles. The molecule has 2 aliphatic rings. The number of fused-ring (bicyclic) bond motifs is 1. The second-order valence-electron chi connectivity index (χ2n) is 4.85. The average Bonchev–Trinajstić information content (AvgIpc) is 2.70. The van der Waals surface area contributed by atoms with Gasteiger partial charge in [0.25, 0.3) is 0 Å². The lowest BCUT2D eigenvalue weighted by atomic mass is 9.89. The van der Waals surface area contributed by atoms with E-state index in [9.17, 15) is 5.11 Å². The van der Waals surface area contributed by atoms with Gasteiger partial charge >= 0.3 is 0 Å². The van der Waals surface area contributed by atoms with E-state index in [0.29, 0.717) is 6.04 Å². The molecule has 0 radical (unpaired) electrons. The summed E-state index contributed by atoms with van der Waals surface area (Å²) in [6.07, 6.45) is 2.53. The van der Waals surface area contributed by atoms with Crippen molar-refractivity contribution >= 4 is 11.6 Å². The van der Waals surface area contributed by atoms with Crippen LogP contribution in [0.25, 0.3) is 0 Å². The SMILES string of the molecule is OC1CC(NCc2cc(Cl)cc3c2OCC3)C1. The van der Waals surface area contributed by atoms with Crippen LogP contribution in [0.15, 0.2) is 12.1 Å². The maximum absolute atomic E-state index is 9.23. The fourth-order valence-corrected chi connectivity index (χ4v) is 2.75. The second kappa shape index (κ2) is 4.48. The van der Waals surface area contributed by atoms with Crippen LogP contribution in [0.5, 0.6) is 5.75 Å². The number of rotatable bonds is 3. The van der Waals surface area contributed by atoms with Crippen molar-refractivity contribution < 1.29 is 9.84 Å². The zero-order valence-corrected chi connectivity index (χ0v) is 10.3. The first-order valence-corrected chi connectivity index (χ1v) is 6.45. The highest BCUT2D eigenvalue weighted by Crippen LogP contribution is 2.33. The van der Waals surface area contributed by atoms with Gasteiger partial charge in [0.05, 0.1) is 12.7 Å². The van der Waals surface area contributed by atoms with E-state index in [-0.39, 0.29) is 6.10 Å². The van der Waals surface area contributed by atoms with Crippen LogP contribution in [0.2, 0.25) is 5.02 Å². The van der Waals surface area contributed by atoms with Gasteiger partial charge in [-0.1, -0.05) is 11.6 Å². The van der Waals surface area contributed by atoms with E-state index in [0.717, 1.165) is 48.7 Å². The van der Waals surface area contributed by atoms with Crippen LogP contribution in [0.4, 0.5) is 0 Å². The number of halogens is 1. The van der Waals surface area contributed by atoms with E-state index in [1.165, 1.54) is 5.56 Å². The quantitative estimate of drug-likeness (QED) is 0.865. The maximum atomic E-state index is 9.23. The Labute approximate surface area is 106 Å². The molecule has 3 nitrogen and oxygen atoms in total. The van der Waals surface area contributed by atoms with Crippen LogP contribution in [0.1, 0.15) is 24.0 Å². The zero-order chi connectivity index (χ0) is 11.8. The minimum Gasteiger partial charge on any atom is -0.493 e. The maximum Gasteiger partial charge on any atom is 0.127 e. The molecule has 3 rings (SSSR count). The Bertz CT molecular complexity index is 430. The predicted molar refractivity (Wildman–Crippen MR) is 66.5 cm³/mol. The van der Waals surface area contributed by atoms with Gasteiger partial charge in [-0.25, -0.2) is 0 Å². The summed E-state index contributed by atoms with van der Waals surface area (Å²) in [5.74, 6) is 1.00. The molecule has 92 valence electrons. The van der Waals surface area contributed by atoms with E-state index < -0.39 is 0 Å². The Kier molecular flexibility index (Phi) is 2.99. The summed E-state index contributed by atoms with van der Waals surface area (Å²) in [5.41, 5.74) is 2.34. The van der Waals surface area contributed by atoms with Crippen molar-refractivity contribution in [3.8, 4) is 5.75 Å². The normalized spacial score (nSPS) is 26.2. The molecule has 17 heavy (non-hydrogen) atoms. The number of ether oxygens (including phenoxy) is 1. The molecule has 2 N–H and O–H groups in total. The molecule has 0 saturated heterocycles. The summed E-state index contributed by atoms with van der Waals surface area (Å²) in [5, 5.41) is 13.4. The van der Waals surface area contributed by atoms with Gasteiger partial charge in [0.2, 0.25) is 0 Å². The van der Waals surface area contributed by atoms with Gasteiger partial charge in [0.15, 0.2) is 0 Å². The minimum atomic E-state index is -0.117. The van der Waals surface area contributed by atoms with Crippen molar-refractivity contribution in [2.75, 3.05) is 6.61 Å². The molecular formula is C13H16ClNO2. The zero-order valence-electron chi connectivity index (χ0n) is 9.58. The Balaban J connectivity index is 1.70. The number of benzene rings is 1. The van der Waals surface area contributed by atoms with Gasteiger partial charge < -0.3 is 15.2 Å². The van der Waals surface area contributed by atoms with E-state index >= 15 is 0 Å². The van der Waals surface area contributed by atoms with Crippen molar-refractivity contribution in [3.63, 3.8) is 0 Å². The minimum absolute atomic E-state index is 0.117. The van der Waals surface area contributed by atoms with Crippen LogP contribution in [-0.4, -0.2) is 23.9 Å². The number of hydrogen-bond donors (Lipinski definition) is 2. The first-order valence-electron chi connectivity index (χ1n) is 6.08. The standard InChI is InChI=1S/C13H16ClNO2/c14-10-3-8-1-2-17-13(8)9(4-10)7-15-11-5-12(16)6-11/h3-4,11-12,15-16H,1-2,5-7H2. The van der Waals surface area contributed by atoms with Gasteiger partial charge in [-0.05, 0) is 30.5 Å². The Morgan fingerprint density at radius 3 is 3.00 bits per heavy atom. The number of hydrogen-bond acceptors (Lipinski definition) is 3. The third-order valence-corrected chi connectivity index (χ3v) is 3.74. The second-order valence-corrected chi connectivity index (χ2v) is 5.29. The van der Waals surface area contributed by atoms with E-state index in [1.54, 1.807) is 0 Å². The van der Waals surface area contributed by atoms with Crippen molar-refractivity contribution in [3.05, 3.63) is 28.3 Å². The van der Waals surface area contributed by atoms with E-state index in [2.05, 4.69) is 5.32 Å². The summed E-state index contributed by atoms with van der Waals surface area (Å²) < 4.78 is 5.64. The molecule has 0 amide bonds. The van der Waals surface area contributed by atoms with Crippen molar-refractivity contribution in [2.24, 2.45) is 0 Å². The summed E-state index contributed by atoms with van der Waals surface area (Å²) in [7, 11) is 0. The highest BCUT2D eigenvalue weighted by molar-refractivity contribution is 6.30. The molecule has 4 heteroatoms. The molecule has 1 aliphatic heterocycles. The smallest absolute Gasteiger partial charge is 0.127 e. The molecule has 1 aromatic carbocycles. The number of nitrogens with one attached hydrogen (secondary N) is 1. The summed E-state index contributed by atoms with van der Waals surface area (Å²) in [6.45, 7) is 1.52. The molecule has 0 bridgehead atoms. The monoisotopic (exact) mass is 253 g/mol. The third-order valence-electron chi connectivity index (χ3n) is 3.52. The molecule has 0 aromatic heterocycles. The topological polar surface area (TPSA) is 41.5 Å². The molecule has 0 spiro atoms. The molecule has 1 saturated carbocycles. The van der Waals surface area contributed by atoms with Crippen molar-refractivity contribution in [1.29, 1.82) is 0 Å². The highest BCUT2D eigenvalue weighted by Gasteiger charge is 2.27. The first kappa shape index (κ1) is 11.3. The van der Waals surface area contributed by atoms with E-state index in [1.807, 2.05) is 12.1 Å². The molecule has 0 atom stereocenters. The molecular weight excluding hydrogens is 238 g/mol. The van der Waals surface area contributed by atoms with Gasteiger partial charge in [-0.3, -0.25) is 0 Å². The van der Waals surface area contributed by atoms with Crippen LogP contribution < -0.4 is 10.1 Å². The lowest BCUT2D eigenvalue weighted by molar-refractivity contribution is 0.0618. The Morgan fingerprint density at radius 2 is 2.24 bits per heavy atom. The van der Waals surface area contributed by atoms with E-state index in [4.69, 9.17) is 16.3 Å². The van der Waals surface area contributed by atoms with Crippen LogP contribution in [0.3, 0.4) is 0 Å². The largest absolute Gasteiger partial charge is 0.493 e. The molecule has 1 aromatic rings. The summed E-state index contributed by atoms with van der Waals surface area (Å²) in [4.78, 5) is 0. The summed E-state index contributed by atoms with van der Waals surface area (Å²) in [6, 6.07) is 4.38. The molecule has 1 heterocycles. The van der Waals surface area contributed by atoms with Crippen molar-refractivity contribution in [2.45, 2.75) is 38.0 Å². The first-order chi connectivity index (χ1) is 8.22. The number of aliphatic hydroxyl groups excluding tert-OH is 1. The van der Waals surface area contributed by atoms with Crippen molar-refractivity contribution in [1.82, 2.24) is 5.32 Å². The van der Waals surface area contributed by atoms with Crippen LogP contribution in [0, 0.1) is 0 Å². The lowest BCUT2D eigenvalue weighted by Crippen LogP contribution is -2.43. The third kappa shape index (κ3) is 2.28. The predicted octanol–water partition coefficient (Wildman–Crippen LogP) is 1.89. The fraction of sp³-hybridized carbons (Fsp3) is 0.538. The summed E-state index contributed by atoms with van der Waals surface area (Å²) >= 11 is 6.09. The highest BCUT2D eigenvalue weighted by atomic mass is 35.5. The van der Waals surface area contributed by atoms with Gasteiger partial charge in [-0.2, -0.15) is 0 Å². The van der Waals surface area contributed by atoms with Gasteiger partial charge in [0, 0.05) is 29.6 Å². The Morgan fingerprint density at radius 1 is 1.41 bits per heavy atom.